The van der Waals surface area contributed by atoms with Gasteiger partial charge >= 0.3 is 0 Å². The SMILES string of the molecule is Cc1ccc(N2C(=O)[C@H]3[C@H](ON(c4ccccc4)[C@H]3c3ccccc3[N+](=O)[O-])C2=O)cc1. The van der Waals surface area contributed by atoms with Crippen molar-refractivity contribution in [1.29, 1.82) is 0 Å². The maximum atomic E-state index is 13.6. The van der Waals surface area contributed by atoms with Crippen molar-refractivity contribution >= 4 is 28.9 Å². The Morgan fingerprint density at radius 3 is 2.19 bits per heavy atom. The van der Waals surface area contributed by atoms with Crippen LogP contribution in [-0.4, -0.2) is 22.8 Å². The molecule has 0 aliphatic carbocycles. The van der Waals surface area contributed by atoms with E-state index in [1.54, 1.807) is 54.6 Å². The number of benzene rings is 3. The van der Waals surface area contributed by atoms with Crippen molar-refractivity contribution in [3.05, 3.63) is 100 Å². The molecule has 3 aromatic rings. The first kappa shape index (κ1) is 19.9. The number of hydrogen-bond donors (Lipinski definition) is 0. The van der Waals surface area contributed by atoms with Crippen molar-refractivity contribution in [2.24, 2.45) is 5.92 Å². The number of nitro groups is 1. The lowest BCUT2D eigenvalue weighted by Crippen LogP contribution is -2.37. The highest BCUT2D eigenvalue weighted by Gasteiger charge is 2.61. The van der Waals surface area contributed by atoms with Gasteiger partial charge in [0.15, 0.2) is 6.10 Å². The molecule has 0 radical (unpaired) electrons. The number of hydroxylamine groups is 1. The summed E-state index contributed by atoms with van der Waals surface area (Å²) in [5, 5.41) is 13.2. The number of rotatable bonds is 4. The lowest BCUT2D eigenvalue weighted by Gasteiger charge is -2.28. The highest BCUT2D eigenvalue weighted by atomic mass is 16.7. The Morgan fingerprint density at radius 1 is 0.844 bits per heavy atom. The van der Waals surface area contributed by atoms with E-state index < -0.39 is 34.8 Å². The minimum absolute atomic E-state index is 0.128. The molecular formula is C24H19N3O5. The topological polar surface area (TPSA) is 93.0 Å². The van der Waals surface area contributed by atoms with Crippen LogP contribution in [-0.2, 0) is 14.4 Å². The van der Waals surface area contributed by atoms with Crippen LogP contribution in [0.15, 0.2) is 78.9 Å². The molecule has 0 unspecified atom stereocenters. The third-order valence-electron chi connectivity index (χ3n) is 5.87. The van der Waals surface area contributed by atoms with Gasteiger partial charge in [-0.15, -0.1) is 0 Å². The standard InChI is InChI=1S/C24H19N3O5/c1-15-11-13-16(14-12-15)25-23(28)20-21(18-9-5-6-10-19(18)27(30)31)26(32-22(20)24(25)29)17-7-3-2-4-8-17/h2-14,20-22H,1H3/t20-,21+,22+/m1/s1. The molecule has 8 nitrogen and oxygen atoms in total. The Kier molecular flexibility index (Phi) is 4.71. The van der Waals surface area contributed by atoms with Crippen molar-refractivity contribution < 1.29 is 19.3 Å². The molecule has 0 aromatic heterocycles. The van der Waals surface area contributed by atoms with Gasteiger partial charge in [0.1, 0.15) is 12.0 Å². The van der Waals surface area contributed by atoms with Crippen molar-refractivity contribution in [3.63, 3.8) is 0 Å². The van der Waals surface area contributed by atoms with E-state index in [0.717, 1.165) is 10.5 Å². The van der Waals surface area contributed by atoms with Crippen LogP contribution < -0.4 is 9.96 Å². The van der Waals surface area contributed by atoms with Crippen molar-refractivity contribution in [1.82, 2.24) is 0 Å². The van der Waals surface area contributed by atoms with Crippen LogP contribution in [0.25, 0.3) is 0 Å². The fraction of sp³-hybridized carbons (Fsp3) is 0.167. The molecule has 2 heterocycles. The molecule has 3 atom stereocenters. The van der Waals surface area contributed by atoms with Gasteiger partial charge in [-0.25, -0.2) is 9.96 Å². The molecule has 8 heteroatoms. The van der Waals surface area contributed by atoms with Gasteiger partial charge in [-0.1, -0.05) is 48.0 Å². The number of para-hydroxylation sites is 2. The number of nitro benzene ring substituents is 1. The number of amides is 2. The van der Waals surface area contributed by atoms with Crippen molar-refractivity contribution in [2.45, 2.75) is 19.1 Å². The molecule has 2 aliphatic heterocycles. The lowest BCUT2D eigenvalue weighted by molar-refractivity contribution is -0.385. The number of anilines is 2. The fourth-order valence-electron chi connectivity index (χ4n) is 4.38. The molecule has 32 heavy (non-hydrogen) atoms. The van der Waals surface area contributed by atoms with Crippen LogP contribution in [0.1, 0.15) is 17.2 Å². The average Bonchev–Trinajstić information content (AvgIpc) is 3.31. The molecule has 2 saturated heterocycles. The van der Waals surface area contributed by atoms with Crippen molar-refractivity contribution in [2.75, 3.05) is 9.96 Å². The average molecular weight is 429 g/mol. The number of carbonyl (C=O) groups excluding carboxylic acids is 2. The van der Waals surface area contributed by atoms with Crippen LogP contribution in [0.2, 0.25) is 0 Å². The molecule has 160 valence electrons. The highest BCUT2D eigenvalue weighted by molar-refractivity contribution is 6.24. The predicted octanol–water partition coefficient (Wildman–Crippen LogP) is 3.95. The van der Waals surface area contributed by atoms with Crippen LogP contribution in [0.5, 0.6) is 0 Å². The fourth-order valence-corrected chi connectivity index (χ4v) is 4.38. The molecule has 0 N–H and O–H groups in total. The molecule has 5 rings (SSSR count). The summed E-state index contributed by atoms with van der Waals surface area (Å²) in [5.74, 6) is -1.85. The van der Waals surface area contributed by atoms with Crippen LogP contribution >= 0.6 is 0 Å². The van der Waals surface area contributed by atoms with E-state index in [0.29, 0.717) is 16.9 Å². The zero-order valence-corrected chi connectivity index (χ0v) is 17.1. The smallest absolute Gasteiger partial charge is 0.273 e. The summed E-state index contributed by atoms with van der Waals surface area (Å²) in [7, 11) is 0. The molecular weight excluding hydrogens is 410 g/mol. The second-order valence-corrected chi connectivity index (χ2v) is 7.82. The number of fused-ring (bicyclic) bond motifs is 1. The molecule has 2 aliphatic rings. The zero-order valence-electron chi connectivity index (χ0n) is 17.1. The molecule has 2 amide bonds. The van der Waals surface area contributed by atoms with Gasteiger partial charge in [0, 0.05) is 6.07 Å². The normalized spacial score (nSPS) is 22.3. The van der Waals surface area contributed by atoms with Gasteiger partial charge in [-0.2, -0.15) is 0 Å². The molecule has 3 aromatic carbocycles. The maximum absolute atomic E-state index is 13.6. The van der Waals surface area contributed by atoms with Gasteiger partial charge in [0.25, 0.3) is 11.6 Å². The molecule has 0 bridgehead atoms. The summed E-state index contributed by atoms with van der Waals surface area (Å²) in [6.07, 6.45) is -1.08. The summed E-state index contributed by atoms with van der Waals surface area (Å²) in [4.78, 5) is 45.3. The van der Waals surface area contributed by atoms with Gasteiger partial charge < -0.3 is 0 Å². The van der Waals surface area contributed by atoms with Crippen molar-refractivity contribution in [3.8, 4) is 0 Å². The van der Waals surface area contributed by atoms with E-state index in [-0.39, 0.29) is 5.69 Å². The van der Waals surface area contributed by atoms with E-state index in [1.165, 1.54) is 11.1 Å². The van der Waals surface area contributed by atoms with E-state index in [9.17, 15) is 19.7 Å². The van der Waals surface area contributed by atoms with Gasteiger partial charge in [0.05, 0.1) is 21.9 Å². The first-order valence-electron chi connectivity index (χ1n) is 10.2. The number of nitrogens with zero attached hydrogens (tertiary/aromatic N) is 3. The van der Waals surface area contributed by atoms with E-state index in [1.807, 2.05) is 25.1 Å². The minimum atomic E-state index is -1.08. The highest BCUT2D eigenvalue weighted by Crippen LogP contribution is 2.49. The monoisotopic (exact) mass is 429 g/mol. The Morgan fingerprint density at radius 2 is 1.50 bits per heavy atom. The second-order valence-electron chi connectivity index (χ2n) is 7.82. The Balaban J connectivity index is 1.63. The number of aryl methyl sites for hydroxylation is 1. The summed E-state index contributed by atoms with van der Waals surface area (Å²) < 4.78 is 0. The Bertz CT molecular complexity index is 1210. The third-order valence-corrected chi connectivity index (χ3v) is 5.87. The first-order valence-corrected chi connectivity index (χ1v) is 10.2. The Labute approximate surface area is 183 Å². The molecule has 0 saturated carbocycles. The molecule has 0 spiro atoms. The first-order chi connectivity index (χ1) is 15.5. The zero-order chi connectivity index (χ0) is 22.4. The maximum Gasteiger partial charge on any atom is 0.274 e. The minimum Gasteiger partial charge on any atom is -0.273 e. The summed E-state index contributed by atoms with van der Waals surface area (Å²) in [6.45, 7) is 1.91. The summed E-state index contributed by atoms with van der Waals surface area (Å²) >= 11 is 0. The Hall–Kier alpha value is -4.04. The third kappa shape index (κ3) is 3.04. The number of hydrogen-bond acceptors (Lipinski definition) is 6. The van der Waals surface area contributed by atoms with Crippen LogP contribution in [0, 0.1) is 23.0 Å². The number of imide groups is 1. The quantitative estimate of drug-likeness (QED) is 0.354. The van der Waals surface area contributed by atoms with E-state index in [4.69, 9.17) is 4.84 Å². The molecule has 2 fully saturated rings. The largest absolute Gasteiger partial charge is 0.274 e. The van der Waals surface area contributed by atoms with E-state index >= 15 is 0 Å². The van der Waals surface area contributed by atoms with Gasteiger partial charge in [-0.05, 0) is 37.3 Å². The second kappa shape index (κ2) is 7.58. The van der Waals surface area contributed by atoms with Gasteiger partial charge in [-0.3, -0.25) is 24.5 Å². The summed E-state index contributed by atoms with van der Waals surface area (Å²) in [5.41, 5.74) is 2.25. The van der Waals surface area contributed by atoms with Gasteiger partial charge in [0.2, 0.25) is 5.91 Å². The predicted molar refractivity (Wildman–Crippen MR) is 117 cm³/mol. The summed E-state index contributed by atoms with van der Waals surface area (Å²) in [6, 6.07) is 21.4. The lowest BCUT2D eigenvalue weighted by atomic mass is 9.89. The van der Waals surface area contributed by atoms with E-state index in [2.05, 4.69) is 0 Å². The van der Waals surface area contributed by atoms with Crippen LogP contribution in [0.3, 0.4) is 0 Å². The number of carbonyl (C=O) groups is 2. The van der Waals surface area contributed by atoms with Crippen LogP contribution in [0.4, 0.5) is 17.1 Å².